The van der Waals surface area contributed by atoms with Crippen LogP contribution in [0.15, 0.2) is 40.9 Å². The minimum atomic E-state index is 0.611. The molecule has 0 atom stereocenters. The van der Waals surface area contributed by atoms with E-state index in [1.165, 1.54) is 15.3 Å². The van der Waals surface area contributed by atoms with Crippen molar-refractivity contribution in [2.45, 2.75) is 17.2 Å². The van der Waals surface area contributed by atoms with Gasteiger partial charge in [0.2, 0.25) is 0 Å². The molecule has 0 fully saturated rings. The lowest BCUT2D eigenvalue weighted by atomic mass is 10.2. The SMILES string of the molecule is NCc1ccc(SCc2cncs2)cc1. The van der Waals surface area contributed by atoms with Gasteiger partial charge in [0.25, 0.3) is 0 Å². The Balaban J connectivity index is 1.93. The van der Waals surface area contributed by atoms with E-state index in [4.69, 9.17) is 5.73 Å². The van der Waals surface area contributed by atoms with Crippen LogP contribution in [0.4, 0.5) is 0 Å². The maximum Gasteiger partial charge on any atom is 0.0794 e. The molecule has 15 heavy (non-hydrogen) atoms. The normalized spacial score (nSPS) is 10.5. The van der Waals surface area contributed by atoms with Crippen LogP contribution in [0, 0.1) is 0 Å². The van der Waals surface area contributed by atoms with Crippen LogP contribution < -0.4 is 5.73 Å². The zero-order valence-corrected chi connectivity index (χ0v) is 9.85. The van der Waals surface area contributed by atoms with Crippen molar-refractivity contribution in [1.82, 2.24) is 4.98 Å². The summed E-state index contributed by atoms with van der Waals surface area (Å²) in [5, 5.41) is 0. The first-order valence-electron chi connectivity index (χ1n) is 4.67. The molecule has 0 spiro atoms. The van der Waals surface area contributed by atoms with Gasteiger partial charge in [-0.25, -0.2) is 0 Å². The fourth-order valence-corrected chi connectivity index (χ4v) is 2.73. The number of thioether (sulfide) groups is 1. The van der Waals surface area contributed by atoms with Gasteiger partial charge in [-0.3, -0.25) is 4.98 Å². The van der Waals surface area contributed by atoms with Gasteiger partial charge in [0.05, 0.1) is 5.51 Å². The van der Waals surface area contributed by atoms with Crippen molar-refractivity contribution in [3.05, 3.63) is 46.4 Å². The molecule has 4 heteroatoms. The number of thiazole rings is 1. The first-order chi connectivity index (χ1) is 7.38. The number of hydrogen-bond acceptors (Lipinski definition) is 4. The molecule has 2 rings (SSSR count). The van der Waals surface area contributed by atoms with E-state index < -0.39 is 0 Å². The first kappa shape index (κ1) is 10.7. The smallest absolute Gasteiger partial charge is 0.0794 e. The summed E-state index contributed by atoms with van der Waals surface area (Å²) in [6, 6.07) is 8.39. The van der Waals surface area contributed by atoms with Crippen LogP contribution in [0.1, 0.15) is 10.4 Å². The largest absolute Gasteiger partial charge is 0.326 e. The lowest BCUT2D eigenvalue weighted by Gasteiger charge is -2.01. The highest BCUT2D eigenvalue weighted by Gasteiger charge is 1.97. The third kappa shape index (κ3) is 3.06. The molecule has 2 nitrogen and oxygen atoms in total. The van der Waals surface area contributed by atoms with Crippen LogP contribution in [-0.2, 0) is 12.3 Å². The number of hydrogen-bond donors (Lipinski definition) is 1. The predicted octanol–water partition coefficient (Wildman–Crippen LogP) is 2.89. The predicted molar refractivity (Wildman–Crippen MR) is 66.0 cm³/mol. The molecule has 2 aromatic rings. The second-order valence-electron chi connectivity index (χ2n) is 3.10. The molecule has 0 unspecified atom stereocenters. The molecular formula is C11H12N2S2. The standard InChI is InChI=1S/C11H12N2S2/c12-5-9-1-3-10(4-2-9)14-7-11-6-13-8-15-11/h1-4,6,8H,5,7,12H2. The fourth-order valence-electron chi connectivity index (χ4n) is 1.19. The third-order valence-electron chi connectivity index (χ3n) is 2.02. The molecule has 2 N–H and O–H groups in total. The Kier molecular flexibility index (Phi) is 3.77. The van der Waals surface area contributed by atoms with Gasteiger partial charge in [-0.1, -0.05) is 12.1 Å². The molecule has 1 aromatic heterocycles. The summed E-state index contributed by atoms with van der Waals surface area (Å²) in [7, 11) is 0. The van der Waals surface area contributed by atoms with Crippen molar-refractivity contribution in [3.63, 3.8) is 0 Å². The van der Waals surface area contributed by atoms with Crippen LogP contribution in [0.5, 0.6) is 0 Å². The van der Waals surface area contributed by atoms with Gasteiger partial charge in [0.1, 0.15) is 0 Å². The topological polar surface area (TPSA) is 38.9 Å². The van der Waals surface area contributed by atoms with E-state index in [-0.39, 0.29) is 0 Å². The van der Waals surface area contributed by atoms with Crippen LogP contribution in [0.25, 0.3) is 0 Å². The lowest BCUT2D eigenvalue weighted by Crippen LogP contribution is -1.94. The lowest BCUT2D eigenvalue weighted by molar-refractivity contribution is 1.07. The molecule has 78 valence electrons. The van der Waals surface area contributed by atoms with Gasteiger partial charge in [-0.15, -0.1) is 23.1 Å². The summed E-state index contributed by atoms with van der Waals surface area (Å²) >= 11 is 3.52. The van der Waals surface area contributed by atoms with E-state index in [1.807, 2.05) is 23.5 Å². The Labute approximate surface area is 97.5 Å². The van der Waals surface area contributed by atoms with Gasteiger partial charge < -0.3 is 5.73 Å². The molecule has 0 aliphatic rings. The van der Waals surface area contributed by atoms with E-state index in [0.29, 0.717) is 6.54 Å². The fraction of sp³-hybridized carbons (Fsp3) is 0.182. The van der Waals surface area contributed by atoms with E-state index in [1.54, 1.807) is 11.3 Å². The molecule has 0 saturated heterocycles. The summed E-state index contributed by atoms with van der Waals surface area (Å²) in [4.78, 5) is 6.64. The second kappa shape index (κ2) is 5.30. The zero-order chi connectivity index (χ0) is 10.5. The number of rotatable bonds is 4. The maximum absolute atomic E-state index is 5.54. The molecule has 0 bridgehead atoms. The summed E-state index contributed by atoms with van der Waals surface area (Å²) in [5.74, 6) is 0.993. The molecule has 0 amide bonds. The number of nitrogens with zero attached hydrogens (tertiary/aromatic N) is 1. The molecular weight excluding hydrogens is 224 g/mol. The first-order valence-corrected chi connectivity index (χ1v) is 6.54. The Hall–Kier alpha value is -0.840. The molecule has 0 aliphatic heterocycles. The highest BCUT2D eigenvalue weighted by Crippen LogP contribution is 2.24. The van der Waals surface area contributed by atoms with Crippen molar-refractivity contribution in [2.75, 3.05) is 0 Å². The highest BCUT2D eigenvalue weighted by molar-refractivity contribution is 7.98. The van der Waals surface area contributed by atoms with Gasteiger partial charge in [0.15, 0.2) is 0 Å². The summed E-state index contributed by atoms with van der Waals surface area (Å²) < 4.78 is 0. The summed E-state index contributed by atoms with van der Waals surface area (Å²) in [6.07, 6.45) is 1.92. The average Bonchev–Trinajstić information content (AvgIpc) is 2.80. The van der Waals surface area contributed by atoms with Crippen LogP contribution in [0.2, 0.25) is 0 Å². The second-order valence-corrected chi connectivity index (χ2v) is 5.12. The van der Waals surface area contributed by atoms with E-state index in [0.717, 1.165) is 5.75 Å². The molecule has 1 aromatic carbocycles. The van der Waals surface area contributed by atoms with Crippen LogP contribution in [-0.4, -0.2) is 4.98 Å². The van der Waals surface area contributed by atoms with Crippen molar-refractivity contribution >= 4 is 23.1 Å². The molecule has 0 aliphatic carbocycles. The quantitative estimate of drug-likeness (QED) is 0.830. The Morgan fingerprint density at radius 1 is 1.27 bits per heavy atom. The molecule has 0 saturated carbocycles. The van der Waals surface area contributed by atoms with E-state index in [9.17, 15) is 0 Å². The van der Waals surface area contributed by atoms with E-state index in [2.05, 4.69) is 29.2 Å². The van der Waals surface area contributed by atoms with Crippen molar-refractivity contribution in [2.24, 2.45) is 5.73 Å². The average molecular weight is 236 g/mol. The van der Waals surface area contributed by atoms with Crippen molar-refractivity contribution in [1.29, 1.82) is 0 Å². The number of benzene rings is 1. The summed E-state index contributed by atoms with van der Waals surface area (Å²) in [5.41, 5.74) is 8.58. The number of aromatic nitrogens is 1. The molecule has 0 radical (unpaired) electrons. The Morgan fingerprint density at radius 3 is 2.67 bits per heavy atom. The van der Waals surface area contributed by atoms with Crippen molar-refractivity contribution < 1.29 is 0 Å². The van der Waals surface area contributed by atoms with Gasteiger partial charge in [-0.05, 0) is 17.7 Å². The van der Waals surface area contributed by atoms with Gasteiger partial charge in [-0.2, -0.15) is 0 Å². The van der Waals surface area contributed by atoms with E-state index >= 15 is 0 Å². The Bertz CT molecular complexity index is 395. The van der Waals surface area contributed by atoms with Crippen LogP contribution in [0.3, 0.4) is 0 Å². The number of nitrogens with two attached hydrogens (primary N) is 1. The third-order valence-corrected chi connectivity index (χ3v) is 4.05. The summed E-state index contributed by atoms with van der Waals surface area (Å²) in [6.45, 7) is 0.611. The molecule has 1 heterocycles. The highest BCUT2D eigenvalue weighted by atomic mass is 32.2. The Morgan fingerprint density at radius 2 is 2.07 bits per heavy atom. The van der Waals surface area contributed by atoms with Crippen LogP contribution >= 0.6 is 23.1 Å². The minimum absolute atomic E-state index is 0.611. The monoisotopic (exact) mass is 236 g/mol. The van der Waals surface area contributed by atoms with Crippen molar-refractivity contribution in [3.8, 4) is 0 Å². The maximum atomic E-state index is 5.54. The zero-order valence-electron chi connectivity index (χ0n) is 8.22. The van der Waals surface area contributed by atoms with Gasteiger partial charge >= 0.3 is 0 Å². The minimum Gasteiger partial charge on any atom is -0.326 e. The van der Waals surface area contributed by atoms with Gasteiger partial charge in [0, 0.05) is 28.3 Å².